The van der Waals surface area contributed by atoms with Gasteiger partial charge in [0, 0.05) is 25.2 Å². The van der Waals surface area contributed by atoms with Gasteiger partial charge in [-0.05, 0) is 43.2 Å². The number of rotatable bonds is 1. The summed E-state index contributed by atoms with van der Waals surface area (Å²) in [4.78, 5) is 2.65. The Morgan fingerprint density at radius 3 is 2.65 bits per heavy atom. The van der Waals surface area contributed by atoms with Crippen molar-refractivity contribution in [3.05, 3.63) is 35.4 Å². The molecular weight excluding hydrogens is 208 g/mol. The lowest BCUT2D eigenvalue weighted by molar-refractivity contribution is 0.139. The molecule has 2 aliphatic rings. The molecule has 0 amide bonds. The summed E-state index contributed by atoms with van der Waals surface area (Å²) in [5.41, 5.74) is 9.14. The van der Waals surface area contributed by atoms with Gasteiger partial charge in [0.15, 0.2) is 0 Å². The zero-order chi connectivity index (χ0) is 11.7. The third kappa shape index (κ3) is 2.24. The van der Waals surface area contributed by atoms with Gasteiger partial charge in [-0.3, -0.25) is 4.90 Å². The number of benzene rings is 1. The van der Waals surface area contributed by atoms with Crippen molar-refractivity contribution < 1.29 is 0 Å². The van der Waals surface area contributed by atoms with Gasteiger partial charge in [0.1, 0.15) is 0 Å². The van der Waals surface area contributed by atoms with Gasteiger partial charge >= 0.3 is 0 Å². The molecule has 2 nitrogen and oxygen atoms in total. The molecular formula is C15H22N2. The van der Waals surface area contributed by atoms with Crippen LogP contribution in [0, 0.1) is 0 Å². The lowest BCUT2D eigenvalue weighted by Crippen LogP contribution is -2.42. The van der Waals surface area contributed by atoms with Crippen LogP contribution in [0.2, 0.25) is 0 Å². The third-order valence-corrected chi connectivity index (χ3v) is 4.35. The molecule has 0 radical (unpaired) electrons. The Labute approximate surface area is 104 Å². The smallest absolute Gasteiger partial charge is 0.0350 e. The maximum absolute atomic E-state index is 5.99. The summed E-state index contributed by atoms with van der Waals surface area (Å²) < 4.78 is 0. The van der Waals surface area contributed by atoms with E-state index in [4.69, 9.17) is 5.73 Å². The summed E-state index contributed by atoms with van der Waals surface area (Å²) in [6.45, 7) is 2.36. The van der Waals surface area contributed by atoms with Crippen LogP contribution in [0.15, 0.2) is 24.3 Å². The highest BCUT2D eigenvalue weighted by atomic mass is 15.2. The van der Waals surface area contributed by atoms with Crippen LogP contribution in [-0.2, 0) is 6.42 Å². The Morgan fingerprint density at radius 1 is 1.06 bits per heavy atom. The van der Waals surface area contributed by atoms with E-state index in [2.05, 4.69) is 29.2 Å². The predicted octanol–water partition coefficient (Wildman–Crippen LogP) is 2.49. The van der Waals surface area contributed by atoms with E-state index in [-0.39, 0.29) is 0 Å². The van der Waals surface area contributed by atoms with E-state index in [1.165, 1.54) is 45.2 Å². The summed E-state index contributed by atoms with van der Waals surface area (Å²) >= 11 is 0. The van der Waals surface area contributed by atoms with Crippen molar-refractivity contribution >= 4 is 0 Å². The predicted molar refractivity (Wildman–Crippen MR) is 70.9 cm³/mol. The molecule has 1 fully saturated rings. The fourth-order valence-electron chi connectivity index (χ4n) is 3.34. The minimum atomic E-state index is 0.435. The molecule has 1 aromatic carbocycles. The van der Waals surface area contributed by atoms with Crippen molar-refractivity contribution in [3.8, 4) is 0 Å². The van der Waals surface area contributed by atoms with E-state index in [1.807, 2.05) is 0 Å². The Balaban J connectivity index is 1.80. The number of hydrogen-bond acceptors (Lipinski definition) is 2. The van der Waals surface area contributed by atoms with Crippen molar-refractivity contribution in [2.75, 3.05) is 13.1 Å². The lowest BCUT2D eigenvalue weighted by Gasteiger charge is -2.39. The van der Waals surface area contributed by atoms with Gasteiger partial charge < -0.3 is 5.73 Å². The molecule has 3 rings (SSSR count). The zero-order valence-electron chi connectivity index (χ0n) is 10.4. The first kappa shape index (κ1) is 11.2. The Kier molecular flexibility index (Phi) is 3.17. The number of nitrogens with two attached hydrogens (primary N) is 1. The summed E-state index contributed by atoms with van der Waals surface area (Å²) in [6.07, 6.45) is 6.26. The number of likely N-dealkylation sites (tertiary alicyclic amines) is 1. The minimum Gasteiger partial charge on any atom is -0.328 e. The molecule has 0 unspecified atom stereocenters. The van der Waals surface area contributed by atoms with Crippen LogP contribution in [0.25, 0.3) is 0 Å². The average molecular weight is 230 g/mol. The number of piperidine rings is 1. The zero-order valence-corrected chi connectivity index (χ0v) is 10.4. The Morgan fingerprint density at radius 2 is 1.82 bits per heavy atom. The molecule has 0 aromatic heterocycles. The molecule has 1 heterocycles. The summed E-state index contributed by atoms with van der Waals surface area (Å²) in [6, 6.07) is 10.1. The first-order chi connectivity index (χ1) is 8.34. The molecule has 2 heteroatoms. The highest BCUT2D eigenvalue weighted by Crippen LogP contribution is 2.35. The summed E-state index contributed by atoms with van der Waals surface area (Å²) in [7, 11) is 0. The number of aryl methyl sites for hydroxylation is 1. The molecule has 2 N–H and O–H groups in total. The quantitative estimate of drug-likeness (QED) is 0.803. The minimum absolute atomic E-state index is 0.435. The fourth-order valence-corrected chi connectivity index (χ4v) is 3.34. The van der Waals surface area contributed by atoms with Crippen LogP contribution >= 0.6 is 0 Å². The standard InChI is InChI=1S/C15H22N2/c16-13-8-10-17(11-9-13)15-7-3-5-12-4-1-2-6-14(12)15/h1-2,4,6,13,15H,3,5,7-11,16H2/t15-/m1/s1. The van der Waals surface area contributed by atoms with Gasteiger partial charge in [-0.15, -0.1) is 0 Å². The van der Waals surface area contributed by atoms with Crippen molar-refractivity contribution in [2.24, 2.45) is 5.73 Å². The first-order valence-electron chi connectivity index (χ1n) is 6.92. The molecule has 1 aliphatic carbocycles. The molecule has 1 atom stereocenters. The number of fused-ring (bicyclic) bond motifs is 1. The monoisotopic (exact) mass is 230 g/mol. The van der Waals surface area contributed by atoms with Crippen molar-refractivity contribution in [3.63, 3.8) is 0 Å². The second kappa shape index (κ2) is 4.79. The summed E-state index contributed by atoms with van der Waals surface area (Å²) in [5, 5.41) is 0. The lowest BCUT2D eigenvalue weighted by atomic mass is 9.86. The van der Waals surface area contributed by atoms with E-state index in [9.17, 15) is 0 Å². The van der Waals surface area contributed by atoms with E-state index in [0.29, 0.717) is 12.1 Å². The van der Waals surface area contributed by atoms with Crippen LogP contribution in [-0.4, -0.2) is 24.0 Å². The largest absolute Gasteiger partial charge is 0.328 e. The van der Waals surface area contributed by atoms with E-state index in [1.54, 1.807) is 11.1 Å². The SMILES string of the molecule is NC1CCN([C@@H]2CCCc3ccccc32)CC1. The van der Waals surface area contributed by atoms with Crippen LogP contribution < -0.4 is 5.73 Å². The molecule has 92 valence electrons. The Bertz CT molecular complexity index is 380. The molecule has 1 aromatic rings. The van der Waals surface area contributed by atoms with Gasteiger partial charge in [-0.1, -0.05) is 24.3 Å². The summed E-state index contributed by atoms with van der Waals surface area (Å²) in [5.74, 6) is 0. The molecule has 1 aliphatic heterocycles. The second-order valence-electron chi connectivity index (χ2n) is 5.48. The van der Waals surface area contributed by atoms with E-state index < -0.39 is 0 Å². The first-order valence-corrected chi connectivity index (χ1v) is 6.92. The van der Waals surface area contributed by atoms with Crippen LogP contribution in [0.1, 0.15) is 42.9 Å². The highest BCUT2D eigenvalue weighted by Gasteiger charge is 2.27. The van der Waals surface area contributed by atoms with Gasteiger partial charge in [0.05, 0.1) is 0 Å². The van der Waals surface area contributed by atoms with Gasteiger partial charge in [0.2, 0.25) is 0 Å². The Hall–Kier alpha value is -0.860. The van der Waals surface area contributed by atoms with Crippen LogP contribution in [0.3, 0.4) is 0 Å². The maximum Gasteiger partial charge on any atom is 0.0350 e. The average Bonchev–Trinajstić information content (AvgIpc) is 2.39. The second-order valence-corrected chi connectivity index (χ2v) is 5.48. The molecule has 17 heavy (non-hydrogen) atoms. The van der Waals surface area contributed by atoms with Crippen LogP contribution in [0.5, 0.6) is 0 Å². The van der Waals surface area contributed by atoms with Crippen molar-refractivity contribution in [1.82, 2.24) is 4.90 Å². The van der Waals surface area contributed by atoms with Crippen molar-refractivity contribution in [1.29, 1.82) is 0 Å². The number of hydrogen-bond donors (Lipinski definition) is 1. The molecule has 0 bridgehead atoms. The van der Waals surface area contributed by atoms with E-state index in [0.717, 1.165) is 0 Å². The number of nitrogens with zero attached hydrogens (tertiary/aromatic N) is 1. The molecule has 0 saturated carbocycles. The third-order valence-electron chi connectivity index (χ3n) is 4.35. The highest BCUT2D eigenvalue weighted by molar-refractivity contribution is 5.32. The molecule has 0 spiro atoms. The van der Waals surface area contributed by atoms with E-state index >= 15 is 0 Å². The van der Waals surface area contributed by atoms with Gasteiger partial charge in [0.25, 0.3) is 0 Å². The molecule has 1 saturated heterocycles. The topological polar surface area (TPSA) is 29.3 Å². The fraction of sp³-hybridized carbons (Fsp3) is 0.600. The normalized spacial score (nSPS) is 26.8. The van der Waals surface area contributed by atoms with Gasteiger partial charge in [-0.2, -0.15) is 0 Å². The van der Waals surface area contributed by atoms with Gasteiger partial charge in [-0.25, -0.2) is 0 Å². The van der Waals surface area contributed by atoms with Crippen LogP contribution in [0.4, 0.5) is 0 Å². The maximum atomic E-state index is 5.99. The van der Waals surface area contributed by atoms with Crippen molar-refractivity contribution in [2.45, 2.75) is 44.2 Å².